The van der Waals surface area contributed by atoms with Crippen LogP contribution in [0.4, 0.5) is 0 Å². The standard InChI is InChI=1S/C22H24BNO5/c1-21-10-11-22(29-21,18-8-4-3-7-17(18)21)24(14-25)20(23(26)27)12-15-13-28-19-9-5-2-6-16(15)19/h2-9,14-15,20,26-27H,10-13H2,1H3/t15-,20+,21+,22-/m1/s1. The van der Waals surface area contributed by atoms with Crippen molar-refractivity contribution in [3.8, 4) is 5.75 Å². The fourth-order valence-electron chi connectivity index (χ4n) is 5.39. The van der Waals surface area contributed by atoms with Crippen molar-refractivity contribution < 1.29 is 24.3 Å². The largest absolute Gasteiger partial charge is 0.493 e. The first-order valence-electron chi connectivity index (χ1n) is 10.1. The molecule has 0 aromatic heterocycles. The minimum Gasteiger partial charge on any atom is -0.493 e. The van der Waals surface area contributed by atoms with Crippen LogP contribution in [0.2, 0.25) is 0 Å². The molecule has 2 aromatic rings. The van der Waals surface area contributed by atoms with Gasteiger partial charge in [-0.1, -0.05) is 42.5 Å². The van der Waals surface area contributed by atoms with Gasteiger partial charge in [-0.25, -0.2) is 0 Å². The molecule has 0 spiro atoms. The monoisotopic (exact) mass is 393 g/mol. The molecule has 0 saturated carbocycles. The number of nitrogens with zero attached hydrogens (tertiary/aromatic N) is 1. The maximum absolute atomic E-state index is 12.3. The number of amides is 1. The molecule has 1 fully saturated rings. The highest BCUT2D eigenvalue weighted by molar-refractivity contribution is 6.43. The lowest BCUT2D eigenvalue weighted by molar-refractivity contribution is -0.179. The van der Waals surface area contributed by atoms with Crippen molar-refractivity contribution in [3.63, 3.8) is 0 Å². The van der Waals surface area contributed by atoms with Crippen molar-refractivity contribution in [2.24, 2.45) is 0 Å². The topological polar surface area (TPSA) is 79.2 Å². The van der Waals surface area contributed by atoms with Crippen LogP contribution in [0.15, 0.2) is 48.5 Å². The lowest BCUT2D eigenvalue weighted by atomic mass is 9.70. The molecule has 2 N–H and O–H groups in total. The zero-order valence-corrected chi connectivity index (χ0v) is 16.3. The van der Waals surface area contributed by atoms with Crippen molar-refractivity contribution in [2.45, 2.75) is 49.4 Å². The average molecular weight is 393 g/mol. The minimum absolute atomic E-state index is 0.0266. The molecule has 2 bridgehead atoms. The van der Waals surface area contributed by atoms with Crippen LogP contribution in [0.25, 0.3) is 0 Å². The van der Waals surface area contributed by atoms with Crippen LogP contribution in [0.3, 0.4) is 0 Å². The summed E-state index contributed by atoms with van der Waals surface area (Å²) in [6, 6.07) is 15.7. The van der Waals surface area contributed by atoms with E-state index in [0.29, 0.717) is 25.9 Å². The molecule has 29 heavy (non-hydrogen) atoms. The smallest absolute Gasteiger partial charge is 0.475 e. The van der Waals surface area contributed by atoms with Gasteiger partial charge in [0.1, 0.15) is 5.75 Å². The van der Waals surface area contributed by atoms with Crippen LogP contribution >= 0.6 is 0 Å². The van der Waals surface area contributed by atoms with E-state index in [9.17, 15) is 14.8 Å². The Hall–Kier alpha value is -2.35. The van der Waals surface area contributed by atoms with E-state index in [2.05, 4.69) is 0 Å². The molecule has 4 atom stereocenters. The van der Waals surface area contributed by atoms with Gasteiger partial charge >= 0.3 is 7.12 Å². The summed E-state index contributed by atoms with van der Waals surface area (Å²) in [5, 5.41) is 20.6. The summed E-state index contributed by atoms with van der Waals surface area (Å²) < 4.78 is 12.2. The SMILES string of the molecule is C[C@@]12CC[C@@](N(C=O)[C@@H](C[C@@H]3COc4ccccc43)B(O)O)(O1)c1ccccc12. The molecule has 3 aliphatic heterocycles. The summed E-state index contributed by atoms with van der Waals surface area (Å²) in [6.07, 6.45) is 2.48. The van der Waals surface area contributed by atoms with Gasteiger partial charge in [0.2, 0.25) is 6.41 Å². The highest BCUT2D eigenvalue weighted by atomic mass is 16.6. The van der Waals surface area contributed by atoms with E-state index < -0.39 is 24.4 Å². The maximum Gasteiger partial charge on any atom is 0.475 e. The number of hydrogen-bond acceptors (Lipinski definition) is 5. The number of fused-ring (bicyclic) bond motifs is 6. The van der Waals surface area contributed by atoms with Gasteiger partial charge in [-0.05, 0) is 31.4 Å². The Morgan fingerprint density at radius 1 is 1.17 bits per heavy atom. The molecule has 0 radical (unpaired) electrons. The lowest BCUT2D eigenvalue weighted by Crippen LogP contribution is -2.56. The number of hydrogen-bond donors (Lipinski definition) is 2. The van der Waals surface area contributed by atoms with E-state index in [1.54, 1.807) is 0 Å². The van der Waals surface area contributed by atoms with Crippen LogP contribution in [-0.2, 0) is 20.9 Å². The fraction of sp³-hybridized carbons (Fsp3) is 0.409. The molecule has 0 unspecified atom stereocenters. The molecule has 3 heterocycles. The second kappa shape index (κ2) is 6.59. The van der Waals surface area contributed by atoms with E-state index in [-0.39, 0.29) is 5.92 Å². The lowest BCUT2D eigenvalue weighted by Gasteiger charge is -2.42. The first-order chi connectivity index (χ1) is 14.0. The molecular formula is C22H24BNO5. The molecule has 1 saturated heterocycles. The molecule has 6 nitrogen and oxygen atoms in total. The van der Waals surface area contributed by atoms with Crippen LogP contribution in [-0.4, -0.2) is 41.0 Å². The zero-order valence-electron chi connectivity index (χ0n) is 16.3. The molecule has 0 aliphatic carbocycles. The van der Waals surface area contributed by atoms with E-state index in [0.717, 1.165) is 28.9 Å². The van der Waals surface area contributed by atoms with Crippen molar-refractivity contribution in [1.82, 2.24) is 4.90 Å². The number of carbonyl (C=O) groups is 1. The molecule has 7 heteroatoms. The van der Waals surface area contributed by atoms with Gasteiger partial charge < -0.3 is 24.4 Å². The van der Waals surface area contributed by atoms with Gasteiger partial charge in [0.15, 0.2) is 5.72 Å². The highest BCUT2D eigenvalue weighted by Crippen LogP contribution is 2.59. The number of rotatable bonds is 6. The normalized spacial score (nSPS) is 29.7. The van der Waals surface area contributed by atoms with E-state index in [4.69, 9.17) is 9.47 Å². The third-order valence-corrected chi connectivity index (χ3v) is 6.81. The van der Waals surface area contributed by atoms with Gasteiger partial charge in [0.25, 0.3) is 0 Å². The maximum atomic E-state index is 12.3. The summed E-state index contributed by atoms with van der Waals surface area (Å²) in [7, 11) is -1.69. The number of para-hydroxylation sites is 1. The number of ether oxygens (including phenoxy) is 2. The van der Waals surface area contributed by atoms with Gasteiger partial charge in [-0.15, -0.1) is 0 Å². The Morgan fingerprint density at radius 3 is 2.66 bits per heavy atom. The second-order valence-corrected chi connectivity index (χ2v) is 8.44. The first kappa shape index (κ1) is 18.7. The summed E-state index contributed by atoms with van der Waals surface area (Å²) >= 11 is 0. The summed E-state index contributed by atoms with van der Waals surface area (Å²) in [5.41, 5.74) is 1.60. The quantitative estimate of drug-likeness (QED) is 0.582. The summed E-state index contributed by atoms with van der Waals surface area (Å²) in [4.78, 5) is 13.8. The van der Waals surface area contributed by atoms with Crippen molar-refractivity contribution in [3.05, 3.63) is 65.2 Å². The number of carbonyl (C=O) groups excluding carboxylic acids is 1. The van der Waals surface area contributed by atoms with Gasteiger partial charge in [0.05, 0.1) is 18.1 Å². The predicted molar refractivity (Wildman–Crippen MR) is 107 cm³/mol. The van der Waals surface area contributed by atoms with Gasteiger partial charge in [0, 0.05) is 23.5 Å². The second-order valence-electron chi connectivity index (χ2n) is 8.44. The Bertz CT molecular complexity index is 952. The summed E-state index contributed by atoms with van der Waals surface area (Å²) in [5.74, 6) is -0.0301. The van der Waals surface area contributed by atoms with Crippen LogP contribution in [0.5, 0.6) is 5.75 Å². The molecule has 3 aliphatic rings. The average Bonchev–Trinajstić information content (AvgIpc) is 3.37. The number of benzene rings is 2. The Kier molecular flexibility index (Phi) is 4.24. The van der Waals surface area contributed by atoms with E-state index in [1.165, 1.54) is 4.90 Å². The molecule has 150 valence electrons. The Morgan fingerprint density at radius 2 is 1.90 bits per heavy atom. The summed E-state index contributed by atoms with van der Waals surface area (Å²) in [6.45, 7) is 2.49. The van der Waals surface area contributed by atoms with E-state index in [1.807, 2.05) is 55.5 Å². The van der Waals surface area contributed by atoms with Crippen LogP contribution < -0.4 is 4.74 Å². The fourth-order valence-corrected chi connectivity index (χ4v) is 5.39. The third-order valence-electron chi connectivity index (χ3n) is 6.81. The molecule has 1 amide bonds. The van der Waals surface area contributed by atoms with Crippen molar-refractivity contribution in [2.75, 3.05) is 6.61 Å². The van der Waals surface area contributed by atoms with Gasteiger partial charge in [-0.2, -0.15) is 0 Å². The minimum atomic E-state index is -1.69. The molecule has 5 rings (SSSR count). The third kappa shape index (κ3) is 2.65. The Labute approximate surface area is 170 Å². The highest BCUT2D eigenvalue weighted by Gasteiger charge is 2.61. The van der Waals surface area contributed by atoms with Crippen LogP contribution in [0.1, 0.15) is 48.8 Å². The molecule has 2 aromatic carbocycles. The zero-order chi connectivity index (χ0) is 20.2. The van der Waals surface area contributed by atoms with Gasteiger partial charge in [-0.3, -0.25) is 4.79 Å². The Balaban J connectivity index is 1.51. The van der Waals surface area contributed by atoms with Crippen molar-refractivity contribution >= 4 is 13.5 Å². The van der Waals surface area contributed by atoms with Crippen LogP contribution in [0, 0.1) is 0 Å². The molecular weight excluding hydrogens is 369 g/mol. The first-order valence-corrected chi connectivity index (χ1v) is 10.1. The van der Waals surface area contributed by atoms with E-state index >= 15 is 0 Å². The predicted octanol–water partition coefficient (Wildman–Crippen LogP) is 2.28. The van der Waals surface area contributed by atoms with Crippen molar-refractivity contribution in [1.29, 1.82) is 0 Å².